The zero-order valence-electron chi connectivity index (χ0n) is 16.6. The number of carboxylic acid groups (broad SMARTS) is 2. The second-order valence-corrected chi connectivity index (χ2v) is 7.73. The largest absolute Gasteiger partial charge is 0.479 e. The highest BCUT2D eigenvalue weighted by Gasteiger charge is 2.30. The molecule has 0 aromatic heterocycles. The number of aliphatic hydroxyl groups is 2. The molecule has 30 heavy (non-hydrogen) atoms. The number of carbonyl (C=O) groups is 2. The molecular weight excluding hydrogens is 416 g/mol. The molecule has 3 rings (SSSR count). The number of hydrogen-bond donors (Lipinski definition) is 5. The number of halogens is 1. The molecule has 10 heteroatoms. The molecule has 9 nitrogen and oxygen atoms in total. The van der Waals surface area contributed by atoms with Crippen LogP contribution < -0.4 is 5.32 Å². The summed E-state index contributed by atoms with van der Waals surface area (Å²) in [5.74, 6) is -3.54. The highest BCUT2D eigenvalue weighted by Crippen LogP contribution is 2.25. The Bertz CT molecular complexity index is 675. The predicted molar refractivity (Wildman–Crippen MR) is 109 cm³/mol. The van der Waals surface area contributed by atoms with Crippen LogP contribution in [-0.4, -0.2) is 87.9 Å². The van der Waals surface area contributed by atoms with Crippen molar-refractivity contribution in [3.63, 3.8) is 0 Å². The van der Waals surface area contributed by atoms with Crippen molar-refractivity contribution in [2.75, 3.05) is 26.3 Å². The van der Waals surface area contributed by atoms with E-state index < -0.39 is 24.1 Å². The second-order valence-electron chi connectivity index (χ2n) is 7.32. The van der Waals surface area contributed by atoms with Crippen molar-refractivity contribution in [1.29, 1.82) is 0 Å². The third kappa shape index (κ3) is 7.19. The molecule has 2 heterocycles. The van der Waals surface area contributed by atoms with E-state index in [0.29, 0.717) is 12.1 Å². The zero-order chi connectivity index (χ0) is 22.1. The van der Waals surface area contributed by atoms with E-state index in [1.54, 1.807) is 0 Å². The average molecular weight is 445 g/mol. The van der Waals surface area contributed by atoms with Gasteiger partial charge in [-0.25, -0.2) is 9.59 Å². The Morgan fingerprint density at radius 1 is 1.07 bits per heavy atom. The molecule has 2 unspecified atom stereocenters. The van der Waals surface area contributed by atoms with Gasteiger partial charge in [-0.2, -0.15) is 0 Å². The molecule has 0 spiro atoms. The van der Waals surface area contributed by atoms with Gasteiger partial charge in [0.1, 0.15) is 0 Å². The van der Waals surface area contributed by atoms with E-state index in [9.17, 15) is 9.59 Å². The summed E-state index contributed by atoms with van der Waals surface area (Å²) >= 11 is 6.35. The lowest BCUT2D eigenvalue weighted by Gasteiger charge is -2.38. The predicted octanol–water partition coefficient (Wildman–Crippen LogP) is 0.560. The maximum atomic E-state index is 9.77. The van der Waals surface area contributed by atoms with Crippen molar-refractivity contribution in [1.82, 2.24) is 10.2 Å². The number of carboxylic acids is 2. The Hall–Kier alpha value is -1.75. The summed E-state index contributed by atoms with van der Waals surface area (Å²) in [6.45, 7) is 4.97. The maximum absolute atomic E-state index is 9.77. The molecule has 3 atom stereocenters. The number of nitrogens with zero attached hydrogens (tertiary/aromatic N) is 1. The lowest BCUT2D eigenvalue weighted by atomic mass is 10.0. The third-order valence-electron chi connectivity index (χ3n) is 5.28. The van der Waals surface area contributed by atoms with Crippen LogP contribution in [0.5, 0.6) is 0 Å². The molecule has 0 amide bonds. The van der Waals surface area contributed by atoms with Crippen molar-refractivity contribution in [2.24, 2.45) is 0 Å². The summed E-state index contributed by atoms with van der Waals surface area (Å²) < 4.78 is 5.52. The lowest BCUT2D eigenvalue weighted by molar-refractivity contribution is -0.165. The van der Waals surface area contributed by atoms with Crippen LogP contribution in [0.3, 0.4) is 0 Å². The molecule has 2 aliphatic heterocycles. The second kappa shape index (κ2) is 12.2. The van der Waals surface area contributed by atoms with Gasteiger partial charge in [-0.05, 0) is 37.4 Å². The molecule has 1 aromatic rings. The maximum Gasteiger partial charge on any atom is 0.335 e. The van der Waals surface area contributed by atoms with Gasteiger partial charge < -0.3 is 30.5 Å². The highest BCUT2D eigenvalue weighted by molar-refractivity contribution is 6.31. The molecule has 2 saturated heterocycles. The van der Waals surface area contributed by atoms with Crippen LogP contribution >= 0.6 is 11.6 Å². The van der Waals surface area contributed by atoms with Crippen LogP contribution in [0, 0.1) is 0 Å². The van der Waals surface area contributed by atoms with Gasteiger partial charge in [-0.3, -0.25) is 4.90 Å². The summed E-state index contributed by atoms with van der Waals surface area (Å²) in [5, 5.41) is 36.9. The van der Waals surface area contributed by atoms with Crippen molar-refractivity contribution >= 4 is 23.5 Å². The smallest absolute Gasteiger partial charge is 0.335 e. The van der Waals surface area contributed by atoms with Gasteiger partial charge in [-0.15, -0.1) is 0 Å². The fraction of sp³-hybridized carbons (Fsp3) is 0.600. The van der Waals surface area contributed by atoms with E-state index in [0.717, 1.165) is 50.7 Å². The van der Waals surface area contributed by atoms with Gasteiger partial charge >= 0.3 is 11.9 Å². The summed E-state index contributed by atoms with van der Waals surface area (Å²) in [6, 6.07) is 9.49. The standard InChI is InChI=1S/C16H23ClN2O.C4H6O6/c17-16-4-2-1-3-13(16)12-19(15-5-8-18-11-15)14-6-9-20-10-7-14;5-1(3(7)8)2(6)4(9)10/h1-4,14-15,18H,5-12H2;1-2,5-6H,(H,7,8)(H,9,10)/t15-;/m0./s1. The van der Waals surface area contributed by atoms with E-state index in [-0.39, 0.29) is 0 Å². The number of aliphatic hydroxyl groups excluding tert-OH is 2. The molecule has 1 aromatic carbocycles. The van der Waals surface area contributed by atoms with Gasteiger partial charge in [-0.1, -0.05) is 29.8 Å². The van der Waals surface area contributed by atoms with Gasteiger partial charge in [0.05, 0.1) is 0 Å². The summed E-state index contributed by atoms with van der Waals surface area (Å²) in [6.07, 6.45) is -1.01. The molecule has 0 saturated carbocycles. The van der Waals surface area contributed by atoms with Crippen LogP contribution in [0.1, 0.15) is 24.8 Å². The van der Waals surface area contributed by atoms with Gasteiger partial charge in [0, 0.05) is 43.4 Å². The van der Waals surface area contributed by atoms with E-state index in [2.05, 4.69) is 22.3 Å². The monoisotopic (exact) mass is 444 g/mol. The van der Waals surface area contributed by atoms with Crippen LogP contribution in [0.15, 0.2) is 24.3 Å². The minimum absolute atomic E-state index is 0.630. The highest BCUT2D eigenvalue weighted by atomic mass is 35.5. The first kappa shape index (κ1) is 24.5. The Morgan fingerprint density at radius 3 is 2.17 bits per heavy atom. The fourth-order valence-corrected chi connectivity index (χ4v) is 3.78. The Kier molecular flexibility index (Phi) is 9.96. The Morgan fingerprint density at radius 2 is 1.67 bits per heavy atom. The zero-order valence-corrected chi connectivity index (χ0v) is 17.4. The van der Waals surface area contributed by atoms with Crippen molar-refractivity contribution in [3.8, 4) is 0 Å². The molecule has 2 aliphatic rings. The van der Waals surface area contributed by atoms with Crippen LogP contribution in [0.4, 0.5) is 0 Å². The van der Waals surface area contributed by atoms with Gasteiger partial charge in [0.25, 0.3) is 0 Å². The summed E-state index contributed by atoms with van der Waals surface area (Å²) in [5.41, 5.74) is 1.24. The number of nitrogens with one attached hydrogen (secondary N) is 1. The summed E-state index contributed by atoms with van der Waals surface area (Å²) in [7, 11) is 0. The summed E-state index contributed by atoms with van der Waals surface area (Å²) in [4.78, 5) is 22.2. The lowest BCUT2D eigenvalue weighted by Crippen LogP contribution is -2.46. The normalized spacial score (nSPS) is 21.5. The molecule has 0 aliphatic carbocycles. The first-order valence-corrected chi connectivity index (χ1v) is 10.3. The van der Waals surface area contributed by atoms with Crippen LogP contribution in [0.2, 0.25) is 5.02 Å². The van der Waals surface area contributed by atoms with Crippen molar-refractivity contribution in [2.45, 2.75) is 50.1 Å². The van der Waals surface area contributed by atoms with Gasteiger partial charge in [0.2, 0.25) is 0 Å². The van der Waals surface area contributed by atoms with Gasteiger partial charge in [0.15, 0.2) is 12.2 Å². The number of benzene rings is 1. The number of ether oxygens (including phenoxy) is 1. The van der Waals surface area contributed by atoms with E-state index in [1.807, 2.05) is 12.1 Å². The quantitative estimate of drug-likeness (QED) is 0.408. The number of rotatable bonds is 7. The SMILES string of the molecule is Clc1ccccc1CN(C1CCOCC1)[C@H]1CCNC1.O=C(O)C(O)C(O)C(=O)O. The fourth-order valence-electron chi connectivity index (χ4n) is 3.59. The minimum Gasteiger partial charge on any atom is -0.479 e. The first-order chi connectivity index (χ1) is 14.3. The van der Waals surface area contributed by atoms with Crippen molar-refractivity contribution < 1.29 is 34.8 Å². The van der Waals surface area contributed by atoms with Crippen LogP contribution in [-0.2, 0) is 20.9 Å². The number of aliphatic carboxylic acids is 2. The van der Waals surface area contributed by atoms with E-state index >= 15 is 0 Å². The van der Waals surface area contributed by atoms with E-state index in [4.69, 9.17) is 36.8 Å². The molecule has 0 bridgehead atoms. The Labute approximate surface area is 180 Å². The molecule has 5 N–H and O–H groups in total. The minimum atomic E-state index is -2.27. The molecule has 2 fully saturated rings. The molecule has 0 radical (unpaired) electrons. The van der Waals surface area contributed by atoms with Crippen LogP contribution in [0.25, 0.3) is 0 Å². The molecule has 168 valence electrons. The Balaban J connectivity index is 0.000000274. The number of hydrogen-bond acceptors (Lipinski definition) is 7. The topological polar surface area (TPSA) is 140 Å². The average Bonchev–Trinajstić information content (AvgIpc) is 3.27. The first-order valence-electron chi connectivity index (χ1n) is 9.90. The van der Waals surface area contributed by atoms with Crippen molar-refractivity contribution in [3.05, 3.63) is 34.9 Å². The molecular formula is C20H29ClN2O7. The van der Waals surface area contributed by atoms with E-state index in [1.165, 1.54) is 12.0 Å². The third-order valence-corrected chi connectivity index (χ3v) is 5.65.